The number of aromatic nitrogens is 2. The minimum absolute atomic E-state index is 0.0271. The Morgan fingerprint density at radius 1 is 1.30 bits per heavy atom. The van der Waals surface area contributed by atoms with Crippen LogP contribution in [0.1, 0.15) is 33.9 Å². The number of aliphatic hydroxyl groups excluding tert-OH is 1. The summed E-state index contributed by atoms with van der Waals surface area (Å²) in [5.41, 5.74) is -2.29. The van der Waals surface area contributed by atoms with Crippen LogP contribution in [-0.2, 0) is 23.4 Å². The van der Waals surface area contributed by atoms with Gasteiger partial charge in [-0.15, -0.1) is 0 Å². The first-order valence-electron chi connectivity index (χ1n) is 11.5. The van der Waals surface area contributed by atoms with E-state index in [0.717, 1.165) is 0 Å². The Bertz CT molecular complexity index is 1260. The van der Waals surface area contributed by atoms with Crippen LogP contribution in [0, 0.1) is 10.7 Å². The van der Waals surface area contributed by atoms with Gasteiger partial charge < -0.3 is 24.2 Å². The van der Waals surface area contributed by atoms with Crippen molar-refractivity contribution in [1.29, 1.82) is 0 Å². The monoisotopic (exact) mass is 576 g/mol. The summed E-state index contributed by atoms with van der Waals surface area (Å²) in [5.74, 6) is -1.23. The molecule has 0 aliphatic carbocycles. The third-order valence-electron chi connectivity index (χ3n) is 5.60. The summed E-state index contributed by atoms with van der Waals surface area (Å²) in [5, 5.41) is 22.2. The standard InChI is InChI=1S/C23H30ClN2O9PS/c1-13(2)33-20(29)14(3)12-36(31,35-16-7-5-15(24)6-8-16)32-11-17-19(28)23(4,30)21(34-17)26-10-9-18(27)25-22(26)37/h5-10,13-14,17,19,21,28,30H,11-12H2,1-4H3,(H,25,27,37)/t14-,17-,19+,21-,23?,36+/m1/s1. The summed E-state index contributed by atoms with van der Waals surface area (Å²) in [4.78, 5) is 26.3. The van der Waals surface area contributed by atoms with Crippen LogP contribution in [0.15, 0.2) is 41.3 Å². The van der Waals surface area contributed by atoms with E-state index in [9.17, 15) is 24.4 Å². The molecule has 6 atom stereocenters. The Morgan fingerprint density at radius 2 is 1.95 bits per heavy atom. The van der Waals surface area contributed by atoms with Crippen LogP contribution in [0.3, 0.4) is 0 Å². The molecular formula is C23H30ClN2O9PS. The number of nitrogens with one attached hydrogen (secondary N) is 1. The summed E-state index contributed by atoms with van der Waals surface area (Å²) in [6.45, 7) is 5.80. The van der Waals surface area contributed by atoms with Crippen molar-refractivity contribution in [2.75, 3.05) is 12.8 Å². The van der Waals surface area contributed by atoms with E-state index in [2.05, 4.69) is 4.98 Å². The maximum atomic E-state index is 13.8. The van der Waals surface area contributed by atoms with Gasteiger partial charge in [-0.2, -0.15) is 0 Å². The average Bonchev–Trinajstić information content (AvgIpc) is 3.02. The van der Waals surface area contributed by atoms with Gasteiger partial charge in [-0.25, -0.2) is 4.57 Å². The molecule has 0 amide bonds. The lowest BCUT2D eigenvalue weighted by atomic mass is 9.96. The Morgan fingerprint density at radius 3 is 2.54 bits per heavy atom. The van der Waals surface area contributed by atoms with Gasteiger partial charge >= 0.3 is 13.6 Å². The molecule has 11 nitrogen and oxygen atoms in total. The summed E-state index contributed by atoms with van der Waals surface area (Å²) < 4.78 is 37.4. The third-order valence-corrected chi connectivity index (χ3v) is 8.19. The van der Waals surface area contributed by atoms with Crippen molar-refractivity contribution in [1.82, 2.24) is 9.55 Å². The summed E-state index contributed by atoms with van der Waals surface area (Å²) in [7, 11) is -4.03. The molecule has 1 unspecified atom stereocenters. The highest BCUT2D eigenvalue weighted by Crippen LogP contribution is 2.51. The molecule has 2 aromatic rings. The van der Waals surface area contributed by atoms with Gasteiger partial charge in [0.05, 0.1) is 24.8 Å². The Balaban J connectivity index is 1.81. The number of ether oxygens (including phenoxy) is 2. The van der Waals surface area contributed by atoms with Gasteiger partial charge in [0.25, 0.3) is 5.56 Å². The number of carbonyl (C=O) groups excluding carboxylic acids is 1. The number of carbonyl (C=O) groups is 1. The van der Waals surface area contributed by atoms with E-state index in [1.807, 2.05) is 0 Å². The molecule has 0 radical (unpaired) electrons. The van der Waals surface area contributed by atoms with Gasteiger partial charge in [0.15, 0.2) is 11.0 Å². The van der Waals surface area contributed by atoms with Gasteiger partial charge in [-0.3, -0.25) is 23.7 Å². The largest absolute Gasteiger partial charge is 0.463 e. The van der Waals surface area contributed by atoms with Crippen LogP contribution in [0.5, 0.6) is 5.75 Å². The lowest BCUT2D eigenvalue weighted by Crippen LogP contribution is -2.44. The predicted octanol–water partition coefficient (Wildman–Crippen LogP) is 3.44. The molecule has 1 aliphatic heterocycles. The summed E-state index contributed by atoms with van der Waals surface area (Å²) in [6, 6.07) is 7.26. The quantitative estimate of drug-likeness (QED) is 0.218. The van der Waals surface area contributed by atoms with Crippen molar-refractivity contribution >= 4 is 37.4 Å². The van der Waals surface area contributed by atoms with Gasteiger partial charge in [-0.05, 0) is 57.3 Å². The molecule has 0 bridgehead atoms. The second kappa shape index (κ2) is 11.8. The number of rotatable bonds is 10. The van der Waals surface area contributed by atoms with E-state index in [-0.39, 0.29) is 22.8 Å². The zero-order chi connectivity index (χ0) is 27.5. The highest BCUT2D eigenvalue weighted by atomic mass is 35.5. The molecule has 0 saturated carbocycles. The number of benzene rings is 1. The second-order valence-electron chi connectivity index (χ2n) is 9.24. The smallest absolute Gasteiger partial charge is 0.380 e. The van der Waals surface area contributed by atoms with Crippen molar-refractivity contribution < 1.29 is 38.1 Å². The predicted molar refractivity (Wildman–Crippen MR) is 137 cm³/mol. The zero-order valence-corrected chi connectivity index (χ0v) is 23.2. The van der Waals surface area contributed by atoms with E-state index in [4.69, 9.17) is 42.3 Å². The lowest BCUT2D eigenvalue weighted by Gasteiger charge is -2.28. The normalized spacial score (nSPS) is 26.0. The van der Waals surface area contributed by atoms with Crippen molar-refractivity contribution in [2.24, 2.45) is 5.92 Å². The molecule has 37 heavy (non-hydrogen) atoms. The topological polar surface area (TPSA) is 149 Å². The fraction of sp³-hybridized carbons (Fsp3) is 0.522. The second-order valence-corrected chi connectivity index (χ2v) is 12.1. The van der Waals surface area contributed by atoms with Crippen LogP contribution < -0.4 is 10.1 Å². The number of halogens is 1. The number of nitrogens with zero attached hydrogens (tertiary/aromatic N) is 1. The van der Waals surface area contributed by atoms with E-state index in [1.54, 1.807) is 13.8 Å². The van der Waals surface area contributed by atoms with Crippen molar-refractivity contribution in [2.45, 2.75) is 57.8 Å². The number of aliphatic hydroxyl groups is 2. The highest BCUT2D eigenvalue weighted by molar-refractivity contribution is 7.71. The molecule has 1 saturated heterocycles. The molecule has 0 spiro atoms. The fourth-order valence-corrected chi connectivity index (χ4v) is 5.96. The Labute approximate surface area is 223 Å². The van der Waals surface area contributed by atoms with E-state index in [0.29, 0.717) is 5.02 Å². The third kappa shape index (κ3) is 7.29. The maximum Gasteiger partial charge on any atom is 0.380 e. The van der Waals surface area contributed by atoms with Gasteiger partial charge in [0, 0.05) is 17.3 Å². The molecule has 3 N–H and O–H groups in total. The van der Waals surface area contributed by atoms with Crippen LogP contribution in [0.2, 0.25) is 5.02 Å². The SMILES string of the molecule is CC(C)OC(=O)[C@H](C)C[P@](=O)(OC[C@H]1O[C@@H](n2ccc(=O)[nH]c2=S)C(C)(O)[C@H]1O)Oc1ccc(Cl)cc1. The van der Waals surface area contributed by atoms with Crippen molar-refractivity contribution in [3.05, 3.63) is 56.7 Å². The number of esters is 1. The molecule has 1 aliphatic rings. The first kappa shape index (κ1) is 29.5. The van der Waals surface area contributed by atoms with Crippen molar-refractivity contribution in [3.8, 4) is 5.75 Å². The van der Waals surface area contributed by atoms with Gasteiger partial charge in [0.1, 0.15) is 23.6 Å². The van der Waals surface area contributed by atoms with E-state index >= 15 is 0 Å². The van der Waals surface area contributed by atoms with Gasteiger partial charge in [-0.1, -0.05) is 18.5 Å². The van der Waals surface area contributed by atoms with Crippen LogP contribution >= 0.6 is 31.4 Å². The number of hydrogen-bond acceptors (Lipinski definition) is 10. The Kier molecular flexibility index (Phi) is 9.39. The maximum absolute atomic E-state index is 13.8. The zero-order valence-electron chi connectivity index (χ0n) is 20.7. The molecule has 3 rings (SSSR count). The first-order valence-corrected chi connectivity index (χ1v) is 14.0. The Hall–Kier alpha value is -2.05. The average molecular weight is 577 g/mol. The highest BCUT2D eigenvalue weighted by Gasteiger charge is 2.53. The summed E-state index contributed by atoms with van der Waals surface area (Å²) >= 11 is 11.1. The number of aromatic amines is 1. The number of hydrogen-bond donors (Lipinski definition) is 3. The minimum atomic E-state index is -4.03. The summed E-state index contributed by atoms with van der Waals surface area (Å²) in [6.07, 6.45) is -3.19. The van der Waals surface area contributed by atoms with E-state index in [1.165, 1.54) is 54.9 Å². The van der Waals surface area contributed by atoms with Crippen LogP contribution in [0.4, 0.5) is 0 Å². The molecule has 204 valence electrons. The van der Waals surface area contributed by atoms with Crippen LogP contribution in [0.25, 0.3) is 0 Å². The number of H-pyrrole nitrogens is 1. The first-order chi connectivity index (χ1) is 17.2. The molecule has 1 aromatic heterocycles. The van der Waals surface area contributed by atoms with E-state index < -0.39 is 55.7 Å². The van der Waals surface area contributed by atoms with Gasteiger partial charge in [0.2, 0.25) is 0 Å². The minimum Gasteiger partial charge on any atom is -0.463 e. The van der Waals surface area contributed by atoms with Crippen molar-refractivity contribution in [3.63, 3.8) is 0 Å². The van der Waals surface area contributed by atoms with Crippen LogP contribution in [-0.4, -0.2) is 62.4 Å². The lowest BCUT2D eigenvalue weighted by molar-refractivity contribution is -0.151. The molecule has 14 heteroatoms. The molecular weight excluding hydrogens is 547 g/mol. The molecule has 2 heterocycles. The molecule has 1 aromatic carbocycles. The molecule has 1 fully saturated rings. The fourth-order valence-electron chi connectivity index (χ4n) is 3.71.